The van der Waals surface area contributed by atoms with Crippen molar-refractivity contribution < 1.29 is 34.8 Å². The van der Waals surface area contributed by atoms with Gasteiger partial charge >= 0.3 is 11.9 Å². The second-order valence-electron chi connectivity index (χ2n) is 6.40. The van der Waals surface area contributed by atoms with Crippen LogP contribution in [0.1, 0.15) is 42.7 Å². The van der Waals surface area contributed by atoms with Gasteiger partial charge in [-0.15, -0.1) is 0 Å². The van der Waals surface area contributed by atoms with Crippen molar-refractivity contribution in [2.75, 3.05) is 0 Å². The van der Waals surface area contributed by atoms with Crippen molar-refractivity contribution in [1.29, 1.82) is 0 Å². The van der Waals surface area contributed by atoms with E-state index >= 15 is 0 Å². The van der Waals surface area contributed by atoms with E-state index in [1.165, 1.54) is 18.4 Å². The molecule has 6 N–H and O–H groups in total. The average Bonchev–Trinajstić information content (AvgIpc) is 3.07. The lowest BCUT2D eigenvalue weighted by atomic mass is 9.84. The number of aryl methyl sites for hydroxylation is 1. The van der Waals surface area contributed by atoms with Gasteiger partial charge in [-0.1, -0.05) is 42.7 Å². The molecule has 0 spiro atoms. The molecule has 0 aliphatic heterocycles. The highest BCUT2D eigenvalue weighted by molar-refractivity contribution is 5.83. The fraction of sp³-hybridized carbons (Fsp3) is 0.500. The third-order valence-corrected chi connectivity index (χ3v) is 4.38. The van der Waals surface area contributed by atoms with Gasteiger partial charge in [0.15, 0.2) is 12.2 Å². The smallest absolute Gasteiger partial charge is 0.335 e. The van der Waals surface area contributed by atoms with E-state index in [9.17, 15) is 14.4 Å². The molecule has 8 heteroatoms. The molecular weight excluding hydrogens is 342 g/mol. The van der Waals surface area contributed by atoms with Gasteiger partial charge in [0.1, 0.15) is 0 Å². The second kappa shape index (κ2) is 9.88. The molecule has 1 fully saturated rings. The van der Waals surface area contributed by atoms with Gasteiger partial charge in [-0.3, -0.25) is 4.79 Å². The Morgan fingerprint density at radius 2 is 1.54 bits per heavy atom. The Morgan fingerprint density at radius 3 is 1.92 bits per heavy atom. The lowest BCUT2D eigenvalue weighted by molar-refractivity contribution is -0.165. The van der Waals surface area contributed by atoms with Crippen LogP contribution in [0, 0.1) is 12.8 Å². The number of amides is 1. The fourth-order valence-electron chi connectivity index (χ4n) is 3.09. The first-order valence-electron chi connectivity index (χ1n) is 8.32. The summed E-state index contributed by atoms with van der Waals surface area (Å²) in [4.78, 5) is 31.2. The maximum absolute atomic E-state index is 11.6. The number of carbonyl (C=O) groups is 3. The Morgan fingerprint density at radius 1 is 1.04 bits per heavy atom. The molecule has 1 amide bonds. The standard InChI is InChI=1S/C14H19NO.C4H6O6/c1-10-5-4-8-12(9-10)13(14(15)16)11-6-2-3-7-11;5-1(3(7)8)2(6)4(9)10/h4-5,8-9,11,13H,2-3,6-7H2,1H3,(H2,15,16);1-2,5-6H,(H,7,8)(H,9,10). The van der Waals surface area contributed by atoms with Gasteiger partial charge in [-0.2, -0.15) is 0 Å². The minimum Gasteiger partial charge on any atom is -0.479 e. The Labute approximate surface area is 151 Å². The number of hydrogen-bond acceptors (Lipinski definition) is 5. The van der Waals surface area contributed by atoms with Crippen LogP contribution in [0.2, 0.25) is 0 Å². The molecule has 3 atom stereocenters. The Hall–Kier alpha value is -2.45. The molecular formula is C18H25NO7. The van der Waals surface area contributed by atoms with Crippen molar-refractivity contribution in [2.24, 2.45) is 11.7 Å². The van der Waals surface area contributed by atoms with Crippen LogP contribution in [0.4, 0.5) is 0 Å². The first-order valence-corrected chi connectivity index (χ1v) is 8.32. The normalized spacial score (nSPS) is 17.5. The minimum absolute atomic E-state index is 0.0811. The topological polar surface area (TPSA) is 158 Å². The van der Waals surface area contributed by atoms with Crippen molar-refractivity contribution in [3.63, 3.8) is 0 Å². The Kier molecular flexibility index (Phi) is 8.21. The lowest BCUT2D eigenvalue weighted by Crippen LogP contribution is -2.39. The average molecular weight is 367 g/mol. The van der Waals surface area contributed by atoms with Crippen LogP contribution in [-0.4, -0.2) is 50.5 Å². The molecule has 0 saturated heterocycles. The number of primary amides is 1. The zero-order valence-electron chi connectivity index (χ0n) is 14.5. The Bertz CT molecular complexity index is 622. The number of nitrogens with two attached hydrogens (primary N) is 1. The van der Waals surface area contributed by atoms with E-state index in [0.717, 1.165) is 18.4 Å². The van der Waals surface area contributed by atoms with Crippen LogP contribution in [0.3, 0.4) is 0 Å². The molecule has 26 heavy (non-hydrogen) atoms. The van der Waals surface area contributed by atoms with Crippen LogP contribution >= 0.6 is 0 Å². The predicted octanol–water partition coefficient (Wildman–Crippen LogP) is 0.632. The van der Waals surface area contributed by atoms with Crippen LogP contribution in [0.25, 0.3) is 0 Å². The van der Waals surface area contributed by atoms with Gasteiger partial charge in [-0.25, -0.2) is 9.59 Å². The quantitative estimate of drug-likeness (QED) is 0.493. The predicted molar refractivity (Wildman–Crippen MR) is 92.4 cm³/mol. The van der Waals surface area contributed by atoms with Crippen molar-refractivity contribution in [3.8, 4) is 0 Å². The molecule has 144 valence electrons. The number of hydrogen-bond donors (Lipinski definition) is 5. The van der Waals surface area contributed by atoms with E-state index in [4.69, 9.17) is 26.2 Å². The SMILES string of the molecule is Cc1cccc(C(C(N)=O)C2CCCC2)c1.O=C(O)C(O)C(O)C(=O)O. The van der Waals surface area contributed by atoms with E-state index in [0.29, 0.717) is 5.92 Å². The number of aliphatic carboxylic acids is 2. The zero-order valence-corrected chi connectivity index (χ0v) is 14.5. The van der Waals surface area contributed by atoms with E-state index in [1.807, 2.05) is 12.1 Å². The molecule has 1 aliphatic carbocycles. The van der Waals surface area contributed by atoms with Gasteiger partial charge in [0.2, 0.25) is 5.91 Å². The number of carboxylic acid groups (broad SMARTS) is 2. The van der Waals surface area contributed by atoms with Crippen molar-refractivity contribution >= 4 is 17.8 Å². The molecule has 1 aliphatic rings. The molecule has 1 saturated carbocycles. The molecule has 0 heterocycles. The summed E-state index contributed by atoms with van der Waals surface area (Å²) in [6.07, 6.45) is 0.221. The molecule has 0 aromatic heterocycles. The maximum atomic E-state index is 11.6. The number of carboxylic acids is 2. The number of rotatable bonds is 6. The number of carbonyl (C=O) groups excluding carboxylic acids is 1. The number of aliphatic hydroxyl groups is 2. The van der Waals surface area contributed by atoms with Gasteiger partial charge in [0, 0.05) is 0 Å². The van der Waals surface area contributed by atoms with Gasteiger partial charge in [-0.05, 0) is 31.2 Å². The molecule has 8 nitrogen and oxygen atoms in total. The minimum atomic E-state index is -2.27. The van der Waals surface area contributed by atoms with E-state index in [-0.39, 0.29) is 11.8 Å². The summed E-state index contributed by atoms with van der Waals surface area (Å²) in [6, 6.07) is 8.18. The molecule has 1 aromatic rings. The summed E-state index contributed by atoms with van der Waals surface area (Å²) in [5.74, 6) is -3.33. The largest absolute Gasteiger partial charge is 0.479 e. The maximum Gasteiger partial charge on any atom is 0.335 e. The van der Waals surface area contributed by atoms with E-state index < -0.39 is 24.1 Å². The van der Waals surface area contributed by atoms with Gasteiger partial charge in [0.25, 0.3) is 0 Å². The summed E-state index contributed by atoms with van der Waals surface area (Å²) in [5, 5.41) is 32.5. The van der Waals surface area contributed by atoms with Crippen LogP contribution in [-0.2, 0) is 14.4 Å². The van der Waals surface area contributed by atoms with Crippen LogP contribution in [0.5, 0.6) is 0 Å². The zero-order chi connectivity index (χ0) is 19.9. The molecule has 2 rings (SSSR count). The summed E-state index contributed by atoms with van der Waals surface area (Å²) in [6.45, 7) is 2.05. The third-order valence-electron chi connectivity index (χ3n) is 4.38. The van der Waals surface area contributed by atoms with Gasteiger partial charge < -0.3 is 26.2 Å². The highest BCUT2D eigenvalue weighted by Crippen LogP contribution is 2.37. The third kappa shape index (κ3) is 6.12. The van der Waals surface area contributed by atoms with Crippen molar-refractivity contribution in [2.45, 2.75) is 50.7 Å². The highest BCUT2D eigenvalue weighted by Gasteiger charge is 2.30. The molecule has 3 unspecified atom stereocenters. The first-order chi connectivity index (χ1) is 12.1. The van der Waals surface area contributed by atoms with Gasteiger partial charge in [0.05, 0.1) is 5.92 Å². The second-order valence-corrected chi connectivity index (χ2v) is 6.40. The van der Waals surface area contributed by atoms with Crippen LogP contribution < -0.4 is 5.73 Å². The summed E-state index contributed by atoms with van der Waals surface area (Å²) in [7, 11) is 0. The van der Waals surface area contributed by atoms with Crippen LogP contribution in [0.15, 0.2) is 24.3 Å². The first kappa shape index (κ1) is 21.6. The highest BCUT2D eigenvalue weighted by atomic mass is 16.4. The molecule has 0 radical (unpaired) electrons. The summed E-state index contributed by atoms with van der Waals surface area (Å²) >= 11 is 0. The summed E-state index contributed by atoms with van der Waals surface area (Å²) in [5.41, 5.74) is 7.85. The fourth-order valence-corrected chi connectivity index (χ4v) is 3.09. The monoisotopic (exact) mass is 367 g/mol. The molecule has 0 bridgehead atoms. The van der Waals surface area contributed by atoms with Crippen molar-refractivity contribution in [1.82, 2.24) is 0 Å². The van der Waals surface area contributed by atoms with E-state index in [1.54, 1.807) is 0 Å². The molecule has 1 aromatic carbocycles. The van der Waals surface area contributed by atoms with E-state index in [2.05, 4.69) is 19.1 Å². The Balaban J connectivity index is 0.000000294. The lowest BCUT2D eigenvalue weighted by Gasteiger charge is -2.20. The van der Waals surface area contributed by atoms with Crippen molar-refractivity contribution in [3.05, 3.63) is 35.4 Å². The number of benzene rings is 1. The summed E-state index contributed by atoms with van der Waals surface area (Å²) < 4.78 is 0. The number of aliphatic hydroxyl groups excluding tert-OH is 2.